The summed E-state index contributed by atoms with van der Waals surface area (Å²) in [5.41, 5.74) is 3.28. The molecule has 0 aliphatic heterocycles. The standard InChI is InChI=1S/C34H39N4O7PS/c1-43-33(39)31(20-27-21-35-30-15-9-8-14-29(27)30)37-46(47,45-23-25-16-18-28(19-17-25)38(41)42)32(26-12-6-3-7-13-26)36-34(40)44-22-24-10-4-2-5-11-24/h2,4-5,8-11,14-19,21,26,31-32,35H,3,6-7,12-13,20,22-23H2,1H3,(H,36,40)(H,37,47)/t31-,32?,46?/m1/s1. The lowest BCUT2D eigenvalue weighted by molar-refractivity contribution is -0.384. The van der Waals surface area contributed by atoms with Crippen LogP contribution < -0.4 is 10.4 Å². The molecule has 0 bridgehead atoms. The first-order valence-electron chi connectivity index (χ1n) is 15.6. The molecule has 11 nitrogen and oxygen atoms in total. The lowest BCUT2D eigenvalue weighted by Crippen LogP contribution is -2.48. The number of alkyl carbamates (subject to hydrolysis) is 1. The summed E-state index contributed by atoms with van der Waals surface area (Å²) in [4.78, 5) is 40.7. The maximum absolute atomic E-state index is 13.4. The molecule has 4 aromatic rings. The predicted octanol–water partition coefficient (Wildman–Crippen LogP) is 7.11. The minimum atomic E-state index is -3.32. The zero-order valence-corrected chi connectivity index (χ0v) is 27.8. The summed E-state index contributed by atoms with van der Waals surface area (Å²) in [5.74, 6) is -1.22. The van der Waals surface area contributed by atoms with Crippen molar-refractivity contribution in [2.45, 2.75) is 63.6 Å². The van der Waals surface area contributed by atoms with E-state index in [1.165, 1.54) is 19.2 Å². The third-order valence-electron chi connectivity index (χ3n) is 8.43. The van der Waals surface area contributed by atoms with Gasteiger partial charge in [0, 0.05) is 35.7 Å². The van der Waals surface area contributed by atoms with E-state index in [0.717, 1.165) is 54.1 Å². The number of hydrogen-bond acceptors (Lipinski definition) is 8. The van der Waals surface area contributed by atoms with Gasteiger partial charge in [0.1, 0.15) is 12.6 Å². The molecule has 2 unspecified atom stereocenters. The SMILES string of the molecule is COC(=O)[C@@H](Cc1c[nH]c2ccccc12)NP(=S)(OCc1ccc([N+](=O)[O-])cc1)C(NC(=O)OCc1ccccc1)C1CCCCC1. The van der Waals surface area contributed by atoms with E-state index in [2.05, 4.69) is 15.4 Å². The number of ether oxygens (including phenoxy) is 2. The number of nitro groups is 1. The summed E-state index contributed by atoms with van der Waals surface area (Å²) in [7, 11) is 1.32. The fourth-order valence-electron chi connectivity index (χ4n) is 5.96. The molecular formula is C34H39N4O7PS. The van der Waals surface area contributed by atoms with Crippen LogP contribution in [0, 0.1) is 16.0 Å². The second-order valence-electron chi connectivity index (χ2n) is 11.6. The number of amides is 1. The molecule has 1 saturated carbocycles. The quantitative estimate of drug-likeness (QED) is 0.0550. The van der Waals surface area contributed by atoms with E-state index < -0.39 is 35.2 Å². The molecule has 1 aliphatic rings. The van der Waals surface area contributed by atoms with Gasteiger partial charge in [-0.25, -0.2) is 4.79 Å². The van der Waals surface area contributed by atoms with E-state index in [0.29, 0.717) is 5.56 Å². The van der Waals surface area contributed by atoms with Gasteiger partial charge >= 0.3 is 12.1 Å². The van der Waals surface area contributed by atoms with Crippen molar-refractivity contribution in [1.82, 2.24) is 15.4 Å². The highest BCUT2D eigenvalue weighted by atomic mass is 32.4. The number of benzene rings is 3. The maximum atomic E-state index is 13.4. The first-order chi connectivity index (χ1) is 22.8. The third kappa shape index (κ3) is 9.04. The van der Waals surface area contributed by atoms with Crippen LogP contribution in [-0.4, -0.2) is 40.9 Å². The van der Waals surface area contributed by atoms with Crippen LogP contribution >= 0.6 is 6.42 Å². The number of rotatable bonds is 14. The number of esters is 1. The van der Waals surface area contributed by atoms with Gasteiger partial charge in [-0.1, -0.05) is 67.8 Å². The van der Waals surface area contributed by atoms with Crippen molar-refractivity contribution >= 4 is 46.9 Å². The molecule has 1 aliphatic carbocycles. The Bertz CT molecular complexity index is 1710. The van der Waals surface area contributed by atoms with Gasteiger partial charge in [-0.05, 0) is 65.5 Å². The number of non-ortho nitro benzene ring substituents is 1. The largest absolute Gasteiger partial charge is 0.468 e. The van der Waals surface area contributed by atoms with Crippen LogP contribution in [-0.2, 0) is 50.2 Å². The Morgan fingerprint density at radius 3 is 2.36 bits per heavy atom. The Morgan fingerprint density at radius 2 is 1.66 bits per heavy atom. The first kappa shape index (κ1) is 34.3. The second-order valence-corrected chi connectivity index (χ2v) is 15.5. The Kier molecular flexibility index (Phi) is 11.8. The number of H-pyrrole nitrogens is 1. The van der Waals surface area contributed by atoms with Crippen LogP contribution in [0.25, 0.3) is 10.9 Å². The van der Waals surface area contributed by atoms with Gasteiger partial charge < -0.3 is 24.3 Å². The van der Waals surface area contributed by atoms with Crippen molar-refractivity contribution in [2.75, 3.05) is 7.11 Å². The van der Waals surface area contributed by atoms with Crippen molar-refractivity contribution in [3.05, 3.63) is 112 Å². The number of para-hydroxylation sites is 1. The average molecular weight is 679 g/mol. The van der Waals surface area contributed by atoms with Crippen LogP contribution in [0.5, 0.6) is 0 Å². The lowest BCUT2D eigenvalue weighted by atomic mass is 9.89. The summed E-state index contributed by atoms with van der Waals surface area (Å²) < 4.78 is 17.5. The van der Waals surface area contributed by atoms with Crippen molar-refractivity contribution in [3.8, 4) is 0 Å². The smallest absolute Gasteiger partial charge is 0.408 e. The molecule has 47 heavy (non-hydrogen) atoms. The topological polar surface area (TPSA) is 145 Å². The number of methoxy groups -OCH3 is 1. The molecule has 0 radical (unpaired) electrons. The summed E-state index contributed by atoms with van der Waals surface area (Å²) in [5, 5.41) is 18.6. The van der Waals surface area contributed by atoms with E-state index in [1.54, 1.807) is 12.1 Å². The van der Waals surface area contributed by atoms with Crippen molar-refractivity contribution in [1.29, 1.82) is 0 Å². The highest BCUT2D eigenvalue weighted by Gasteiger charge is 2.41. The van der Waals surface area contributed by atoms with Crippen LogP contribution in [0.4, 0.5) is 10.5 Å². The minimum absolute atomic E-state index is 0.00716. The molecule has 3 aromatic carbocycles. The molecule has 0 spiro atoms. The molecule has 1 heterocycles. The summed E-state index contributed by atoms with van der Waals surface area (Å²) in [6.07, 6.45) is 2.81. The number of hydrogen-bond donors (Lipinski definition) is 3. The Hall–Kier alpha value is -4.09. The van der Waals surface area contributed by atoms with Gasteiger partial charge in [0.2, 0.25) is 0 Å². The van der Waals surface area contributed by atoms with Gasteiger partial charge in [-0.3, -0.25) is 20.0 Å². The molecule has 1 fully saturated rings. The number of aromatic nitrogens is 1. The summed E-state index contributed by atoms with van der Waals surface area (Å²) in [6, 6.07) is 22.3. The zero-order valence-electron chi connectivity index (χ0n) is 26.1. The van der Waals surface area contributed by atoms with Gasteiger partial charge in [0.05, 0.1) is 24.4 Å². The van der Waals surface area contributed by atoms with Gasteiger partial charge in [-0.2, -0.15) is 0 Å². The zero-order chi connectivity index (χ0) is 33.2. The minimum Gasteiger partial charge on any atom is -0.468 e. The van der Waals surface area contributed by atoms with E-state index in [9.17, 15) is 19.7 Å². The fraction of sp³-hybridized carbons (Fsp3) is 0.353. The highest BCUT2D eigenvalue weighted by molar-refractivity contribution is 8.11. The molecule has 248 valence electrons. The predicted molar refractivity (Wildman–Crippen MR) is 183 cm³/mol. The second kappa shape index (κ2) is 16.1. The van der Waals surface area contributed by atoms with Crippen molar-refractivity contribution in [3.63, 3.8) is 0 Å². The van der Waals surface area contributed by atoms with E-state index in [4.69, 9.17) is 25.8 Å². The first-order valence-corrected chi connectivity index (χ1v) is 18.4. The maximum Gasteiger partial charge on any atom is 0.408 e. The lowest BCUT2D eigenvalue weighted by Gasteiger charge is -2.39. The van der Waals surface area contributed by atoms with Gasteiger partial charge in [0.25, 0.3) is 5.69 Å². The van der Waals surface area contributed by atoms with E-state index >= 15 is 0 Å². The molecule has 5 rings (SSSR count). The molecule has 3 N–H and O–H groups in total. The van der Waals surface area contributed by atoms with Crippen LogP contribution in [0.2, 0.25) is 0 Å². The fourth-order valence-corrected chi connectivity index (χ4v) is 9.67. The number of carbonyl (C=O) groups is 2. The van der Waals surface area contributed by atoms with E-state index in [-0.39, 0.29) is 31.2 Å². The van der Waals surface area contributed by atoms with Crippen LogP contribution in [0.1, 0.15) is 48.8 Å². The molecule has 13 heteroatoms. The highest BCUT2D eigenvalue weighted by Crippen LogP contribution is 2.54. The van der Waals surface area contributed by atoms with Crippen LogP contribution in [0.3, 0.4) is 0 Å². The number of fused-ring (bicyclic) bond motifs is 1. The van der Waals surface area contributed by atoms with E-state index in [1.807, 2.05) is 60.8 Å². The summed E-state index contributed by atoms with van der Waals surface area (Å²) in [6.45, 7) is 0.0859. The Morgan fingerprint density at radius 1 is 0.979 bits per heavy atom. The number of aromatic amines is 1. The normalized spacial score (nSPS) is 16.1. The number of carbonyl (C=O) groups excluding carboxylic acids is 2. The number of nitrogens with one attached hydrogen (secondary N) is 3. The van der Waals surface area contributed by atoms with Crippen LogP contribution in [0.15, 0.2) is 85.1 Å². The monoisotopic (exact) mass is 678 g/mol. The average Bonchev–Trinajstić information content (AvgIpc) is 3.51. The Balaban J connectivity index is 1.46. The number of nitrogens with zero attached hydrogens (tertiary/aromatic N) is 1. The van der Waals surface area contributed by atoms with Crippen molar-refractivity contribution < 1.29 is 28.5 Å². The number of nitro benzene ring substituents is 1. The molecular weight excluding hydrogens is 639 g/mol. The molecule has 1 amide bonds. The van der Waals surface area contributed by atoms with Crippen molar-refractivity contribution in [2.24, 2.45) is 5.92 Å². The molecule has 1 aromatic heterocycles. The third-order valence-corrected chi connectivity index (χ3v) is 12.2. The summed E-state index contributed by atoms with van der Waals surface area (Å²) >= 11 is 6.39. The molecule has 3 atom stereocenters. The van der Waals surface area contributed by atoms with Gasteiger partial charge in [0.15, 0.2) is 6.42 Å². The van der Waals surface area contributed by atoms with Gasteiger partial charge in [-0.15, -0.1) is 0 Å². The molecule has 0 saturated heterocycles. The Labute approximate surface area is 278 Å².